The highest BCUT2D eigenvalue weighted by Crippen LogP contribution is 2.09. The van der Waals surface area contributed by atoms with Crippen LogP contribution < -0.4 is 5.73 Å². The number of amides is 1. The van der Waals surface area contributed by atoms with E-state index >= 15 is 0 Å². The van der Waals surface area contributed by atoms with Gasteiger partial charge in [-0.05, 0) is 32.1 Å². The van der Waals surface area contributed by atoms with Crippen LogP contribution in [0.15, 0.2) is 12.2 Å². The van der Waals surface area contributed by atoms with Crippen LogP contribution in [-0.4, -0.2) is 5.91 Å². The maximum atomic E-state index is 10.5. The maximum absolute atomic E-state index is 10.5. The van der Waals surface area contributed by atoms with Gasteiger partial charge in [-0.25, -0.2) is 0 Å². The molecule has 1 amide bonds. The summed E-state index contributed by atoms with van der Waals surface area (Å²) in [6.45, 7) is 6.73. The van der Waals surface area contributed by atoms with Crippen molar-refractivity contribution in [3.8, 4) is 0 Å². The van der Waals surface area contributed by atoms with E-state index in [-0.39, 0.29) is 5.91 Å². The number of rotatable bonds is 18. The molecule has 0 bridgehead atoms. The van der Waals surface area contributed by atoms with Crippen molar-refractivity contribution in [2.24, 2.45) is 5.73 Å². The Morgan fingerprint density at radius 1 is 0.577 bits per heavy atom. The van der Waals surface area contributed by atoms with Gasteiger partial charge in [-0.15, -0.1) is 0 Å². The molecule has 0 aliphatic heterocycles. The van der Waals surface area contributed by atoms with Crippen LogP contribution in [0.5, 0.6) is 0 Å². The summed E-state index contributed by atoms with van der Waals surface area (Å²) >= 11 is 0. The van der Waals surface area contributed by atoms with Crippen LogP contribution in [0.1, 0.15) is 136 Å². The minimum atomic E-state index is -0.164. The molecule has 0 aromatic heterocycles. The molecule has 0 fully saturated rings. The normalized spacial score (nSPS) is 10.7. The Labute approximate surface area is 165 Å². The van der Waals surface area contributed by atoms with Gasteiger partial charge in [0.2, 0.25) is 5.91 Å². The highest BCUT2D eigenvalue weighted by Gasteiger charge is 1.94. The monoisotopic (exact) mass is 367 g/mol. The summed E-state index contributed by atoms with van der Waals surface area (Å²) in [7, 11) is 0. The molecule has 2 heteroatoms. The molecule has 2 N–H and O–H groups in total. The van der Waals surface area contributed by atoms with Crippen LogP contribution in [0, 0.1) is 0 Å². The molecular formula is C24H49NO. The van der Waals surface area contributed by atoms with Crippen molar-refractivity contribution < 1.29 is 4.79 Å². The Bertz CT molecular complexity index is 282. The summed E-state index contributed by atoms with van der Waals surface area (Å²) < 4.78 is 0. The van der Waals surface area contributed by atoms with Crippen LogP contribution in [-0.2, 0) is 4.79 Å². The SMILES string of the molecule is CCCCCC.CCCCCCCCC=CCCCCCCCC(N)=O. The topological polar surface area (TPSA) is 43.1 Å². The second-order valence-electron chi connectivity index (χ2n) is 7.51. The lowest BCUT2D eigenvalue weighted by molar-refractivity contribution is -0.118. The zero-order valence-electron chi connectivity index (χ0n) is 18.4. The van der Waals surface area contributed by atoms with Crippen molar-refractivity contribution in [2.75, 3.05) is 0 Å². The van der Waals surface area contributed by atoms with Crippen LogP contribution in [0.25, 0.3) is 0 Å². The van der Waals surface area contributed by atoms with Gasteiger partial charge in [0, 0.05) is 6.42 Å². The predicted octanol–water partition coefficient (Wildman–Crippen LogP) is 8.10. The Kier molecular flexibility index (Phi) is 27.9. The van der Waals surface area contributed by atoms with E-state index in [2.05, 4.69) is 32.9 Å². The van der Waals surface area contributed by atoms with Crippen LogP contribution in [0.2, 0.25) is 0 Å². The molecule has 0 heterocycles. The number of primary amides is 1. The molecule has 26 heavy (non-hydrogen) atoms. The molecule has 0 saturated heterocycles. The Balaban J connectivity index is 0. The number of carbonyl (C=O) groups is 1. The fourth-order valence-electron chi connectivity index (χ4n) is 2.87. The molecular weight excluding hydrogens is 318 g/mol. The van der Waals surface area contributed by atoms with Gasteiger partial charge in [0.05, 0.1) is 0 Å². The fourth-order valence-corrected chi connectivity index (χ4v) is 2.87. The molecule has 0 spiro atoms. The second kappa shape index (κ2) is 26.4. The first kappa shape index (κ1) is 27.4. The molecule has 0 atom stereocenters. The van der Waals surface area contributed by atoms with Crippen molar-refractivity contribution in [3.63, 3.8) is 0 Å². The molecule has 0 aliphatic rings. The molecule has 156 valence electrons. The van der Waals surface area contributed by atoms with Gasteiger partial charge in [0.1, 0.15) is 0 Å². The number of unbranched alkanes of at least 4 members (excludes halogenated alkanes) is 14. The van der Waals surface area contributed by atoms with Crippen LogP contribution >= 0.6 is 0 Å². The third kappa shape index (κ3) is 31.0. The molecule has 0 rings (SSSR count). The highest BCUT2D eigenvalue weighted by molar-refractivity contribution is 5.73. The number of hydrogen-bond acceptors (Lipinski definition) is 1. The van der Waals surface area contributed by atoms with E-state index in [0.717, 1.165) is 12.8 Å². The van der Waals surface area contributed by atoms with Crippen molar-refractivity contribution in [1.82, 2.24) is 0 Å². The maximum Gasteiger partial charge on any atom is 0.217 e. The van der Waals surface area contributed by atoms with Crippen LogP contribution in [0.4, 0.5) is 0 Å². The highest BCUT2D eigenvalue weighted by atomic mass is 16.1. The van der Waals surface area contributed by atoms with Crippen molar-refractivity contribution in [1.29, 1.82) is 0 Å². The van der Waals surface area contributed by atoms with E-state index in [1.807, 2.05) is 0 Å². The zero-order chi connectivity index (χ0) is 19.7. The minimum absolute atomic E-state index is 0.164. The quantitative estimate of drug-likeness (QED) is 0.193. The fraction of sp³-hybridized carbons (Fsp3) is 0.875. The molecule has 0 aromatic rings. The van der Waals surface area contributed by atoms with Gasteiger partial charge in [-0.2, -0.15) is 0 Å². The number of allylic oxidation sites excluding steroid dienone is 2. The third-order valence-electron chi connectivity index (χ3n) is 4.64. The first-order chi connectivity index (χ1) is 12.7. The second-order valence-corrected chi connectivity index (χ2v) is 7.51. The minimum Gasteiger partial charge on any atom is -0.370 e. The van der Waals surface area contributed by atoms with Gasteiger partial charge in [-0.1, -0.05) is 110 Å². The number of nitrogens with two attached hydrogens (primary N) is 1. The molecule has 0 radical (unpaired) electrons. The van der Waals surface area contributed by atoms with E-state index in [1.165, 1.54) is 96.3 Å². The summed E-state index contributed by atoms with van der Waals surface area (Å²) in [5.74, 6) is -0.164. The first-order valence-electron chi connectivity index (χ1n) is 11.6. The van der Waals surface area contributed by atoms with Gasteiger partial charge in [0.25, 0.3) is 0 Å². The van der Waals surface area contributed by atoms with Crippen LogP contribution in [0.3, 0.4) is 0 Å². The zero-order valence-corrected chi connectivity index (χ0v) is 18.4. The molecule has 0 unspecified atom stereocenters. The number of carbonyl (C=O) groups excluding carboxylic acids is 1. The Hall–Kier alpha value is -0.790. The Morgan fingerprint density at radius 2 is 0.923 bits per heavy atom. The summed E-state index contributed by atoms with van der Waals surface area (Å²) in [5, 5.41) is 0. The van der Waals surface area contributed by atoms with E-state index in [4.69, 9.17) is 5.73 Å². The van der Waals surface area contributed by atoms with Gasteiger partial charge < -0.3 is 5.73 Å². The average Bonchev–Trinajstić information content (AvgIpc) is 2.63. The van der Waals surface area contributed by atoms with E-state index < -0.39 is 0 Å². The Morgan fingerprint density at radius 3 is 1.35 bits per heavy atom. The largest absolute Gasteiger partial charge is 0.370 e. The first-order valence-corrected chi connectivity index (χ1v) is 11.6. The molecule has 0 aliphatic carbocycles. The van der Waals surface area contributed by atoms with Crippen molar-refractivity contribution in [3.05, 3.63) is 12.2 Å². The standard InChI is InChI=1S/C18H35NO.C6H14/c1-2-3-4-5-6-7-8-9-10-11-12-13-14-15-16-17-18(19)20;1-3-5-6-4-2/h9-10H,2-8,11-17H2,1H3,(H2,19,20);3-6H2,1-2H3. The lowest BCUT2D eigenvalue weighted by atomic mass is 10.1. The van der Waals surface area contributed by atoms with Gasteiger partial charge in [-0.3, -0.25) is 4.79 Å². The molecule has 0 aromatic carbocycles. The van der Waals surface area contributed by atoms with E-state index in [0.29, 0.717) is 6.42 Å². The van der Waals surface area contributed by atoms with E-state index in [1.54, 1.807) is 0 Å². The number of hydrogen-bond donors (Lipinski definition) is 1. The average molecular weight is 368 g/mol. The lowest BCUT2D eigenvalue weighted by Gasteiger charge is -1.99. The van der Waals surface area contributed by atoms with Gasteiger partial charge in [0.15, 0.2) is 0 Å². The third-order valence-corrected chi connectivity index (χ3v) is 4.64. The van der Waals surface area contributed by atoms with Gasteiger partial charge >= 0.3 is 0 Å². The summed E-state index contributed by atoms with van der Waals surface area (Å²) in [6.07, 6.45) is 27.5. The smallest absolute Gasteiger partial charge is 0.217 e. The molecule has 2 nitrogen and oxygen atoms in total. The lowest BCUT2D eigenvalue weighted by Crippen LogP contribution is -2.09. The summed E-state index contributed by atoms with van der Waals surface area (Å²) in [5.41, 5.74) is 5.10. The predicted molar refractivity (Wildman–Crippen MR) is 118 cm³/mol. The van der Waals surface area contributed by atoms with Crippen molar-refractivity contribution in [2.45, 2.75) is 136 Å². The summed E-state index contributed by atoms with van der Waals surface area (Å²) in [6, 6.07) is 0. The van der Waals surface area contributed by atoms with E-state index in [9.17, 15) is 4.79 Å². The van der Waals surface area contributed by atoms with Crippen molar-refractivity contribution >= 4 is 5.91 Å². The summed E-state index contributed by atoms with van der Waals surface area (Å²) in [4.78, 5) is 10.5. The molecule has 0 saturated carbocycles.